The normalized spacial score (nSPS) is 43.3. The van der Waals surface area contributed by atoms with Crippen molar-refractivity contribution in [2.75, 3.05) is 0 Å². The van der Waals surface area contributed by atoms with Gasteiger partial charge < -0.3 is 0 Å². The molecule has 0 nitrogen and oxygen atoms in total. The van der Waals surface area contributed by atoms with E-state index < -0.39 is 0 Å². The highest BCUT2D eigenvalue weighted by Gasteiger charge is 2.00. The molecule has 0 radical (unpaired) electrons. The first-order valence-electron chi connectivity index (χ1n) is 3.45. The van der Waals surface area contributed by atoms with Crippen molar-refractivity contribution in [3.8, 4) is 0 Å². The van der Waals surface area contributed by atoms with E-state index in [0.717, 1.165) is 12.3 Å². The molecular formula is C7H12. The Morgan fingerprint density at radius 1 is 1.71 bits per heavy atom. The highest BCUT2D eigenvalue weighted by molar-refractivity contribution is 4.88. The van der Waals surface area contributed by atoms with Crippen LogP contribution in [-0.2, 0) is 0 Å². The summed E-state index contributed by atoms with van der Waals surface area (Å²) < 4.78 is 7.32. The minimum atomic E-state index is 0.0822. The van der Waals surface area contributed by atoms with Crippen LogP contribution in [-0.4, -0.2) is 0 Å². The van der Waals surface area contributed by atoms with Crippen LogP contribution in [0.5, 0.6) is 0 Å². The molecule has 0 bridgehead atoms. The third kappa shape index (κ3) is 1.34. The topological polar surface area (TPSA) is 0 Å². The van der Waals surface area contributed by atoms with Gasteiger partial charge in [-0.2, -0.15) is 0 Å². The first-order valence-corrected chi connectivity index (χ1v) is 2.88. The first kappa shape index (κ1) is 3.71. The molecule has 0 saturated carbocycles. The molecule has 2 atom stereocenters. The van der Waals surface area contributed by atoms with Crippen LogP contribution in [0.1, 0.15) is 27.5 Å². The van der Waals surface area contributed by atoms with E-state index in [-0.39, 0.29) is 6.40 Å². The second-order valence-corrected chi connectivity index (χ2v) is 2.24. The number of rotatable bonds is 0. The fraction of sp³-hybridized carbons (Fsp3) is 0.714. The van der Waals surface area contributed by atoms with Gasteiger partial charge in [0.15, 0.2) is 0 Å². The molecule has 0 unspecified atom stereocenters. The predicted molar refractivity (Wildman–Crippen MR) is 32.2 cm³/mol. The van der Waals surface area contributed by atoms with E-state index >= 15 is 0 Å². The van der Waals surface area contributed by atoms with Gasteiger partial charge in [-0.1, -0.05) is 19.1 Å². The maximum atomic E-state index is 7.32. The fourth-order valence-corrected chi connectivity index (χ4v) is 0.814. The maximum absolute atomic E-state index is 7.32. The lowest BCUT2D eigenvalue weighted by Crippen LogP contribution is -1.94. The van der Waals surface area contributed by atoms with Gasteiger partial charge in [-0.25, -0.2) is 0 Å². The lowest BCUT2D eigenvalue weighted by Gasteiger charge is -2.09. The largest absolute Gasteiger partial charge is 0.0885 e. The second kappa shape index (κ2) is 2.15. The Morgan fingerprint density at radius 2 is 2.57 bits per heavy atom. The molecule has 0 saturated heterocycles. The van der Waals surface area contributed by atoms with E-state index in [9.17, 15) is 0 Å². The van der Waals surface area contributed by atoms with E-state index in [4.69, 9.17) is 1.37 Å². The summed E-state index contributed by atoms with van der Waals surface area (Å²) in [7, 11) is 0. The average molecular weight is 97.2 g/mol. The zero-order valence-corrected chi connectivity index (χ0v) is 4.72. The molecule has 0 aromatic carbocycles. The lowest BCUT2D eigenvalue weighted by atomic mass is 9.97. The van der Waals surface area contributed by atoms with Crippen LogP contribution >= 0.6 is 0 Å². The molecule has 7 heavy (non-hydrogen) atoms. The van der Waals surface area contributed by atoms with Crippen LogP contribution in [0.25, 0.3) is 0 Å². The molecule has 0 aromatic rings. The molecule has 0 N–H and O–H groups in total. The molecule has 0 aromatic heterocycles. The van der Waals surface area contributed by atoms with Gasteiger partial charge in [0.1, 0.15) is 0 Å². The zero-order valence-electron chi connectivity index (χ0n) is 5.72. The second-order valence-electron chi connectivity index (χ2n) is 2.24. The average Bonchev–Trinajstić information content (AvgIpc) is 1.64. The molecule has 0 aliphatic heterocycles. The van der Waals surface area contributed by atoms with Crippen LogP contribution in [0.2, 0.25) is 0 Å². The number of hydrogen-bond donors (Lipinski definition) is 0. The van der Waals surface area contributed by atoms with Crippen LogP contribution in [0.15, 0.2) is 12.2 Å². The highest BCUT2D eigenvalue weighted by atomic mass is 14.1. The van der Waals surface area contributed by atoms with Gasteiger partial charge in [0, 0.05) is 1.37 Å². The molecule has 0 heterocycles. The van der Waals surface area contributed by atoms with Crippen molar-refractivity contribution >= 4 is 0 Å². The summed E-state index contributed by atoms with van der Waals surface area (Å²) >= 11 is 0. The van der Waals surface area contributed by atoms with E-state index in [1.807, 2.05) is 6.08 Å². The lowest BCUT2D eigenvalue weighted by molar-refractivity contribution is 0.527. The van der Waals surface area contributed by atoms with Crippen molar-refractivity contribution in [3.63, 3.8) is 0 Å². The first-order chi connectivity index (χ1) is 3.79. The Hall–Kier alpha value is -0.260. The number of allylic oxidation sites excluding steroid dienone is 2. The quantitative estimate of drug-likeness (QED) is 0.407. The summed E-state index contributed by atoms with van der Waals surface area (Å²) in [5.41, 5.74) is 0. The fourth-order valence-electron chi connectivity index (χ4n) is 0.814. The number of hydrogen-bond acceptors (Lipinski definition) is 0. The van der Waals surface area contributed by atoms with Gasteiger partial charge in [-0.05, 0) is 25.2 Å². The monoisotopic (exact) mass is 97.1 g/mol. The van der Waals surface area contributed by atoms with Crippen LogP contribution in [0.4, 0.5) is 0 Å². The van der Waals surface area contributed by atoms with E-state index in [1.165, 1.54) is 6.42 Å². The minimum absolute atomic E-state index is 0.0822. The minimum Gasteiger partial charge on any atom is -0.0885 e. The van der Waals surface area contributed by atoms with Crippen LogP contribution < -0.4 is 0 Å². The smallest absolute Gasteiger partial charge is 0.0310 e. The van der Waals surface area contributed by atoms with Gasteiger partial charge in [0.05, 0.1) is 0 Å². The molecule has 0 amide bonds. The van der Waals surface area contributed by atoms with Crippen LogP contribution in [0, 0.1) is 5.92 Å². The Bertz CT molecular complexity index is 96.6. The Kier molecular flexibility index (Phi) is 1.14. The zero-order chi connectivity index (χ0) is 5.98. The molecule has 0 spiro atoms. The third-order valence-electron chi connectivity index (χ3n) is 1.35. The summed E-state index contributed by atoms with van der Waals surface area (Å²) in [5.74, 6) is 0.738. The van der Waals surface area contributed by atoms with E-state index in [1.54, 1.807) is 0 Å². The third-order valence-corrected chi connectivity index (χ3v) is 1.35. The Morgan fingerprint density at radius 3 is 3.00 bits per heavy atom. The standard InChI is InChI=1S/C7H12/c1-7-5-3-2-4-6-7/h2-3,7H,4-6H2,1H3/t7-/m1/s1/i4D/t4-,7-. The highest BCUT2D eigenvalue weighted by Crippen LogP contribution is 2.15. The molecule has 1 rings (SSSR count). The Balaban J connectivity index is 2.42. The van der Waals surface area contributed by atoms with Crippen molar-refractivity contribution in [3.05, 3.63) is 12.2 Å². The van der Waals surface area contributed by atoms with Gasteiger partial charge in [-0.15, -0.1) is 0 Å². The van der Waals surface area contributed by atoms with Crippen molar-refractivity contribution in [2.24, 2.45) is 5.92 Å². The summed E-state index contributed by atoms with van der Waals surface area (Å²) in [4.78, 5) is 0. The van der Waals surface area contributed by atoms with Crippen LogP contribution in [0.3, 0.4) is 0 Å². The van der Waals surface area contributed by atoms with Crippen molar-refractivity contribution in [1.82, 2.24) is 0 Å². The van der Waals surface area contributed by atoms with Crippen molar-refractivity contribution in [1.29, 1.82) is 0 Å². The molecule has 1 aliphatic carbocycles. The molecular weight excluding hydrogens is 84.1 g/mol. The molecule has 1 aliphatic rings. The maximum Gasteiger partial charge on any atom is 0.0310 e. The Labute approximate surface area is 46.6 Å². The summed E-state index contributed by atoms with van der Waals surface area (Å²) in [6, 6.07) is 0. The summed E-state index contributed by atoms with van der Waals surface area (Å²) in [6.45, 7) is 2.20. The van der Waals surface area contributed by atoms with E-state index in [2.05, 4.69) is 13.0 Å². The molecule has 40 valence electrons. The SMILES string of the molecule is [2H][C@@H]1C=CC[C@@H](C)C1. The van der Waals surface area contributed by atoms with Gasteiger partial charge in [0.25, 0.3) is 0 Å². The van der Waals surface area contributed by atoms with Gasteiger partial charge >= 0.3 is 0 Å². The van der Waals surface area contributed by atoms with Crippen molar-refractivity contribution < 1.29 is 1.37 Å². The summed E-state index contributed by atoms with van der Waals surface area (Å²) in [5, 5.41) is 0. The van der Waals surface area contributed by atoms with E-state index in [0.29, 0.717) is 0 Å². The summed E-state index contributed by atoms with van der Waals surface area (Å²) in [6.07, 6.45) is 6.41. The van der Waals surface area contributed by atoms with Gasteiger partial charge in [0.2, 0.25) is 0 Å². The molecule has 0 fully saturated rings. The molecule has 0 heteroatoms. The van der Waals surface area contributed by atoms with Crippen molar-refractivity contribution in [2.45, 2.75) is 26.2 Å². The van der Waals surface area contributed by atoms with Gasteiger partial charge in [-0.3, -0.25) is 0 Å². The predicted octanol–water partition coefficient (Wildman–Crippen LogP) is 2.36.